The van der Waals surface area contributed by atoms with E-state index in [1.54, 1.807) is 25.1 Å². The lowest BCUT2D eigenvalue weighted by Crippen LogP contribution is -2.02. The first kappa shape index (κ1) is 14.1. The lowest BCUT2D eigenvalue weighted by molar-refractivity contribution is 0.0696. The SMILES string of the molecule is Cc1cc(OCc2ccc3ccccc3n2)ccc1C(=O)O. The number of para-hydroxylation sites is 1. The minimum absolute atomic E-state index is 0.288. The van der Waals surface area contributed by atoms with E-state index in [4.69, 9.17) is 9.84 Å². The molecule has 22 heavy (non-hydrogen) atoms. The molecule has 4 nitrogen and oxygen atoms in total. The highest BCUT2D eigenvalue weighted by molar-refractivity contribution is 5.89. The molecule has 0 fully saturated rings. The number of aromatic carboxylic acids is 1. The summed E-state index contributed by atoms with van der Waals surface area (Å²) in [7, 11) is 0. The van der Waals surface area contributed by atoms with Crippen LogP contribution in [0.4, 0.5) is 0 Å². The largest absolute Gasteiger partial charge is 0.487 e. The second-order valence-corrected chi connectivity index (χ2v) is 5.07. The average Bonchev–Trinajstić information content (AvgIpc) is 2.52. The predicted octanol–water partition coefficient (Wildman–Crippen LogP) is 3.82. The number of aryl methyl sites for hydroxylation is 1. The highest BCUT2D eigenvalue weighted by Gasteiger charge is 2.08. The fourth-order valence-electron chi connectivity index (χ4n) is 2.31. The van der Waals surface area contributed by atoms with E-state index in [0.717, 1.165) is 16.6 Å². The predicted molar refractivity (Wildman–Crippen MR) is 84.2 cm³/mol. The van der Waals surface area contributed by atoms with E-state index < -0.39 is 5.97 Å². The molecule has 0 bridgehead atoms. The zero-order valence-corrected chi connectivity index (χ0v) is 12.1. The highest BCUT2D eigenvalue weighted by Crippen LogP contribution is 2.19. The van der Waals surface area contributed by atoms with Crippen molar-refractivity contribution in [3.63, 3.8) is 0 Å². The quantitative estimate of drug-likeness (QED) is 0.794. The molecule has 0 radical (unpaired) electrons. The van der Waals surface area contributed by atoms with Crippen molar-refractivity contribution in [2.45, 2.75) is 13.5 Å². The molecule has 2 aromatic carbocycles. The van der Waals surface area contributed by atoms with Crippen LogP contribution in [0, 0.1) is 6.92 Å². The fraction of sp³-hybridized carbons (Fsp3) is 0.111. The van der Waals surface area contributed by atoms with Gasteiger partial charge in [-0.25, -0.2) is 9.78 Å². The van der Waals surface area contributed by atoms with Gasteiger partial charge in [-0.05, 0) is 42.8 Å². The highest BCUT2D eigenvalue weighted by atomic mass is 16.5. The number of pyridine rings is 1. The van der Waals surface area contributed by atoms with Crippen molar-refractivity contribution in [3.05, 3.63) is 71.4 Å². The van der Waals surface area contributed by atoms with Crippen molar-refractivity contribution in [2.24, 2.45) is 0 Å². The first-order valence-corrected chi connectivity index (χ1v) is 6.95. The Balaban J connectivity index is 1.76. The van der Waals surface area contributed by atoms with Crippen LogP contribution < -0.4 is 4.74 Å². The molecule has 1 aromatic heterocycles. The smallest absolute Gasteiger partial charge is 0.335 e. The summed E-state index contributed by atoms with van der Waals surface area (Å²) >= 11 is 0. The van der Waals surface area contributed by atoms with Gasteiger partial charge < -0.3 is 9.84 Å². The van der Waals surface area contributed by atoms with Crippen LogP contribution >= 0.6 is 0 Å². The Bertz CT molecular complexity index is 843. The number of carboxylic acid groups (broad SMARTS) is 1. The summed E-state index contributed by atoms with van der Waals surface area (Å²) in [6, 6.07) is 16.8. The van der Waals surface area contributed by atoms with Gasteiger partial charge in [-0.1, -0.05) is 24.3 Å². The maximum atomic E-state index is 11.0. The minimum Gasteiger partial charge on any atom is -0.487 e. The minimum atomic E-state index is -0.930. The second-order valence-electron chi connectivity index (χ2n) is 5.07. The maximum absolute atomic E-state index is 11.0. The van der Waals surface area contributed by atoms with Crippen molar-refractivity contribution in [1.82, 2.24) is 4.98 Å². The molecular formula is C18H15NO3. The summed E-state index contributed by atoms with van der Waals surface area (Å²) in [5.41, 5.74) is 2.73. The van der Waals surface area contributed by atoms with Gasteiger partial charge in [-0.15, -0.1) is 0 Å². The summed E-state index contributed by atoms with van der Waals surface area (Å²) in [6.07, 6.45) is 0. The van der Waals surface area contributed by atoms with Crippen molar-refractivity contribution in [3.8, 4) is 5.75 Å². The third-order valence-corrected chi connectivity index (χ3v) is 3.47. The molecule has 0 unspecified atom stereocenters. The van der Waals surface area contributed by atoms with Gasteiger partial charge in [0.15, 0.2) is 0 Å². The van der Waals surface area contributed by atoms with Crippen LogP contribution in [0.3, 0.4) is 0 Å². The van der Waals surface area contributed by atoms with Crippen LogP contribution in [-0.4, -0.2) is 16.1 Å². The van der Waals surface area contributed by atoms with E-state index in [0.29, 0.717) is 17.9 Å². The van der Waals surface area contributed by atoms with Gasteiger partial charge in [0.1, 0.15) is 12.4 Å². The molecule has 3 aromatic rings. The zero-order valence-electron chi connectivity index (χ0n) is 12.1. The van der Waals surface area contributed by atoms with E-state index in [1.165, 1.54) is 0 Å². The Kier molecular flexibility index (Phi) is 3.74. The third kappa shape index (κ3) is 2.91. The Morgan fingerprint density at radius 3 is 2.73 bits per heavy atom. The summed E-state index contributed by atoms with van der Waals surface area (Å²) in [6.45, 7) is 2.10. The molecular weight excluding hydrogens is 278 g/mol. The molecule has 0 spiro atoms. The molecule has 1 heterocycles. The van der Waals surface area contributed by atoms with Crippen LogP contribution in [0.25, 0.3) is 10.9 Å². The van der Waals surface area contributed by atoms with Gasteiger partial charge in [0.05, 0.1) is 16.8 Å². The van der Waals surface area contributed by atoms with Crippen LogP contribution in [0.5, 0.6) is 5.75 Å². The lowest BCUT2D eigenvalue weighted by Gasteiger charge is -2.08. The molecule has 4 heteroatoms. The Hall–Kier alpha value is -2.88. The zero-order chi connectivity index (χ0) is 15.5. The summed E-state index contributed by atoms with van der Waals surface area (Å²) in [4.78, 5) is 15.5. The number of rotatable bonds is 4. The van der Waals surface area contributed by atoms with Gasteiger partial charge in [0, 0.05) is 5.39 Å². The summed E-state index contributed by atoms with van der Waals surface area (Å²) in [5, 5.41) is 10.1. The topological polar surface area (TPSA) is 59.4 Å². The number of fused-ring (bicyclic) bond motifs is 1. The van der Waals surface area contributed by atoms with Gasteiger partial charge in [0.25, 0.3) is 0 Å². The van der Waals surface area contributed by atoms with Gasteiger partial charge in [-0.2, -0.15) is 0 Å². The van der Waals surface area contributed by atoms with Crippen molar-refractivity contribution in [2.75, 3.05) is 0 Å². The van der Waals surface area contributed by atoms with Crippen LogP contribution in [0.1, 0.15) is 21.6 Å². The van der Waals surface area contributed by atoms with Crippen LogP contribution in [0.15, 0.2) is 54.6 Å². The second kappa shape index (κ2) is 5.85. The third-order valence-electron chi connectivity index (χ3n) is 3.47. The lowest BCUT2D eigenvalue weighted by atomic mass is 10.1. The molecule has 0 saturated heterocycles. The Morgan fingerprint density at radius 2 is 1.95 bits per heavy atom. The molecule has 1 N–H and O–H groups in total. The van der Waals surface area contributed by atoms with Crippen molar-refractivity contribution >= 4 is 16.9 Å². The van der Waals surface area contributed by atoms with Crippen LogP contribution in [-0.2, 0) is 6.61 Å². The van der Waals surface area contributed by atoms with E-state index in [-0.39, 0.29) is 5.56 Å². The number of carboxylic acids is 1. The number of hydrogen-bond acceptors (Lipinski definition) is 3. The molecule has 3 rings (SSSR count). The Labute approximate surface area is 128 Å². The Morgan fingerprint density at radius 1 is 1.14 bits per heavy atom. The average molecular weight is 293 g/mol. The molecule has 0 aliphatic carbocycles. The first-order valence-electron chi connectivity index (χ1n) is 6.95. The fourth-order valence-corrected chi connectivity index (χ4v) is 2.31. The molecule has 0 amide bonds. The molecule has 0 atom stereocenters. The number of aromatic nitrogens is 1. The maximum Gasteiger partial charge on any atom is 0.335 e. The summed E-state index contributed by atoms with van der Waals surface area (Å²) < 4.78 is 5.70. The molecule has 0 aliphatic rings. The molecule has 110 valence electrons. The van der Waals surface area contributed by atoms with E-state index in [2.05, 4.69) is 4.98 Å². The van der Waals surface area contributed by atoms with Crippen molar-refractivity contribution in [1.29, 1.82) is 0 Å². The van der Waals surface area contributed by atoms with Crippen LogP contribution in [0.2, 0.25) is 0 Å². The molecule has 0 saturated carbocycles. The summed E-state index contributed by atoms with van der Waals surface area (Å²) in [5.74, 6) is -0.294. The van der Waals surface area contributed by atoms with Gasteiger partial charge in [-0.3, -0.25) is 0 Å². The molecule has 0 aliphatic heterocycles. The van der Waals surface area contributed by atoms with Gasteiger partial charge >= 0.3 is 5.97 Å². The van der Waals surface area contributed by atoms with Crippen molar-refractivity contribution < 1.29 is 14.6 Å². The normalized spacial score (nSPS) is 10.6. The van der Waals surface area contributed by atoms with E-state index >= 15 is 0 Å². The standard InChI is InChI=1S/C18H15NO3/c1-12-10-15(8-9-16(12)18(20)21)22-11-14-7-6-13-4-2-3-5-17(13)19-14/h2-10H,11H2,1H3,(H,20,21). The number of ether oxygens (including phenoxy) is 1. The number of benzene rings is 2. The van der Waals surface area contributed by atoms with E-state index in [9.17, 15) is 4.79 Å². The van der Waals surface area contributed by atoms with Gasteiger partial charge in [0.2, 0.25) is 0 Å². The van der Waals surface area contributed by atoms with E-state index in [1.807, 2.05) is 36.4 Å². The monoisotopic (exact) mass is 293 g/mol. The number of carbonyl (C=O) groups is 1. The first-order chi connectivity index (χ1) is 10.6. The number of hydrogen-bond donors (Lipinski definition) is 1. The number of nitrogens with zero attached hydrogens (tertiary/aromatic N) is 1.